The van der Waals surface area contributed by atoms with Crippen LogP contribution < -0.4 is 0 Å². The summed E-state index contributed by atoms with van der Waals surface area (Å²) in [6.45, 7) is 3.32. The standard InChI is InChI=1S/C13H13ClN2O/c1-13(2,17)12-15-8-7-11(16-12)9-3-5-10(14)6-4-9/h3-8,17H,1-2H3. The Hall–Kier alpha value is -1.45. The molecule has 1 heterocycles. The van der Waals surface area contributed by atoms with Gasteiger partial charge in [-0.25, -0.2) is 9.97 Å². The zero-order valence-corrected chi connectivity index (χ0v) is 10.4. The van der Waals surface area contributed by atoms with Gasteiger partial charge >= 0.3 is 0 Å². The van der Waals surface area contributed by atoms with Crippen LogP contribution in [0.2, 0.25) is 5.02 Å². The van der Waals surface area contributed by atoms with Gasteiger partial charge in [0.25, 0.3) is 0 Å². The minimum Gasteiger partial charge on any atom is -0.382 e. The summed E-state index contributed by atoms with van der Waals surface area (Å²) >= 11 is 5.83. The van der Waals surface area contributed by atoms with Gasteiger partial charge in [0, 0.05) is 16.8 Å². The second-order valence-electron chi connectivity index (χ2n) is 4.33. The Kier molecular flexibility index (Phi) is 3.13. The lowest BCUT2D eigenvalue weighted by molar-refractivity contribution is 0.0688. The van der Waals surface area contributed by atoms with Crippen LogP contribution in [0.1, 0.15) is 19.7 Å². The normalized spacial score (nSPS) is 11.5. The maximum atomic E-state index is 9.86. The van der Waals surface area contributed by atoms with Gasteiger partial charge in [0.1, 0.15) is 5.60 Å². The molecule has 2 aromatic rings. The van der Waals surface area contributed by atoms with E-state index in [0.29, 0.717) is 10.8 Å². The number of rotatable bonds is 2. The van der Waals surface area contributed by atoms with Gasteiger partial charge in [-0.05, 0) is 32.0 Å². The lowest BCUT2D eigenvalue weighted by Gasteiger charge is -2.15. The van der Waals surface area contributed by atoms with Crippen LogP contribution >= 0.6 is 11.6 Å². The minimum absolute atomic E-state index is 0.407. The van der Waals surface area contributed by atoms with Crippen molar-refractivity contribution in [2.45, 2.75) is 19.4 Å². The fourth-order valence-electron chi connectivity index (χ4n) is 1.43. The molecular weight excluding hydrogens is 236 g/mol. The van der Waals surface area contributed by atoms with Crippen LogP contribution in [-0.4, -0.2) is 15.1 Å². The molecule has 1 N–H and O–H groups in total. The highest BCUT2D eigenvalue weighted by Gasteiger charge is 2.19. The molecule has 17 heavy (non-hydrogen) atoms. The van der Waals surface area contributed by atoms with Gasteiger partial charge in [0.2, 0.25) is 0 Å². The van der Waals surface area contributed by atoms with Crippen LogP contribution in [0.3, 0.4) is 0 Å². The van der Waals surface area contributed by atoms with Crippen molar-refractivity contribution < 1.29 is 5.11 Å². The third-order valence-electron chi connectivity index (χ3n) is 2.34. The maximum absolute atomic E-state index is 9.86. The van der Waals surface area contributed by atoms with Crippen LogP contribution in [0.25, 0.3) is 11.3 Å². The Labute approximate surface area is 105 Å². The lowest BCUT2D eigenvalue weighted by atomic mass is 10.1. The van der Waals surface area contributed by atoms with Gasteiger partial charge in [-0.2, -0.15) is 0 Å². The number of hydrogen-bond acceptors (Lipinski definition) is 3. The highest BCUT2D eigenvalue weighted by Crippen LogP contribution is 2.22. The second-order valence-corrected chi connectivity index (χ2v) is 4.77. The highest BCUT2D eigenvalue weighted by atomic mass is 35.5. The first kappa shape index (κ1) is 12.0. The van der Waals surface area contributed by atoms with E-state index < -0.39 is 5.60 Å². The third-order valence-corrected chi connectivity index (χ3v) is 2.59. The molecule has 0 atom stereocenters. The average molecular weight is 249 g/mol. The van der Waals surface area contributed by atoms with E-state index in [-0.39, 0.29) is 0 Å². The molecule has 0 aliphatic carbocycles. The molecular formula is C13H13ClN2O. The van der Waals surface area contributed by atoms with Crippen LogP contribution in [-0.2, 0) is 5.60 Å². The molecule has 0 spiro atoms. The molecule has 0 saturated carbocycles. The summed E-state index contributed by atoms with van der Waals surface area (Å²) in [5.74, 6) is 0.407. The van der Waals surface area contributed by atoms with E-state index >= 15 is 0 Å². The molecule has 1 aromatic heterocycles. The summed E-state index contributed by atoms with van der Waals surface area (Å²) in [6, 6.07) is 9.20. The Bertz CT molecular complexity index is 518. The van der Waals surface area contributed by atoms with Crippen molar-refractivity contribution in [2.24, 2.45) is 0 Å². The summed E-state index contributed by atoms with van der Waals surface area (Å²) in [5.41, 5.74) is 0.679. The van der Waals surface area contributed by atoms with Gasteiger partial charge < -0.3 is 5.11 Å². The van der Waals surface area contributed by atoms with Crippen molar-refractivity contribution >= 4 is 11.6 Å². The number of nitrogens with zero attached hydrogens (tertiary/aromatic N) is 2. The van der Waals surface area contributed by atoms with Crippen LogP contribution in [0.5, 0.6) is 0 Å². The molecule has 2 rings (SSSR count). The third kappa shape index (κ3) is 2.81. The number of benzene rings is 1. The smallest absolute Gasteiger partial charge is 0.159 e. The zero-order chi connectivity index (χ0) is 12.5. The summed E-state index contributed by atoms with van der Waals surface area (Å²) < 4.78 is 0. The van der Waals surface area contributed by atoms with Crippen molar-refractivity contribution in [1.29, 1.82) is 0 Å². The SMILES string of the molecule is CC(C)(O)c1nccc(-c2ccc(Cl)cc2)n1. The molecule has 88 valence electrons. The summed E-state index contributed by atoms with van der Waals surface area (Å²) in [5, 5.41) is 10.5. The maximum Gasteiger partial charge on any atom is 0.159 e. The Morgan fingerprint density at radius 2 is 1.76 bits per heavy atom. The van der Waals surface area contributed by atoms with Crippen LogP contribution in [0.15, 0.2) is 36.5 Å². The van der Waals surface area contributed by atoms with Crippen molar-refractivity contribution in [1.82, 2.24) is 9.97 Å². The summed E-state index contributed by atoms with van der Waals surface area (Å²) in [4.78, 5) is 8.41. The first-order chi connectivity index (χ1) is 7.97. The molecule has 0 fully saturated rings. The van der Waals surface area contributed by atoms with E-state index in [1.165, 1.54) is 0 Å². The number of hydrogen-bond donors (Lipinski definition) is 1. The highest BCUT2D eigenvalue weighted by molar-refractivity contribution is 6.30. The predicted octanol–water partition coefficient (Wildman–Crippen LogP) is 3.02. The van der Waals surface area contributed by atoms with E-state index in [4.69, 9.17) is 11.6 Å². The largest absolute Gasteiger partial charge is 0.382 e. The average Bonchev–Trinajstić information content (AvgIpc) is 2.29. The van der Waals surface area contributed by atoms with E-state index in [2.05, 4.69) is 9.97 Å². The number of aliphatic hydroxyl groups is 1. The van der Waals surface area contributed by atoms with Crippen LogP contribution in [0.4, 0.5) is 0 Å². The first-order valence-electron chi connectivity index (χ1n) is 5.28. The Morgan fingerprint density at radius 3 is 2.35 bits per heavy atom. The predicted molar refractivity (Wildman–Crippen MR) is 67.7 cm³/mol. The van der Waals surface area contributed by atoms with Gasteiger partial charge in [0.15, 0.2) is 5.82 Å². The van der Waals surface area contributed by atoms with Gasteiger partial charge in [-0.3, -0.25) is 0 Å². The molecule has 0 aliphatic heterocycles. The van der Waals surface area contributed by atoms with Crippen molar-refractivity contribution in [3.63, 3.8) is 0 Å². The van der Waals surface area contributed by atoms with E-state index in [9.17, 15) is 5.11 Å². The van der Waals surface area contributed by atoms with Gasteiger partial charge in [0.05, 0.1) is 5.69 Å². The Morgan fingerprint density at radius 1 is 1.12 bits per heavy atom. The van der Waals surface area contributed by atoms with E-state index in [0.717, 1.165) is 11.3 Å². The first-order valence-corrected chi connectivity index (χ1v) is 5.66. The van der Waals surface area contributed by atoms with Gasteiger partial charge in [-0.15, -0.1) is 0 Å². The summed E-state index contributed by atoms with van der Waals surface area (Å²) in [7, 11) is 0. The van der Waals surface area contributed by atoms with Crippen molar-refractivity contribution in [3.8, 4) is 11.3 Å². The molecule has 3 nitrogen and oxygen atoms in total. The summed E-state index contributed by atoms with van der Waals surface area (Å²) in [6.07, 6.45) is 1.64. The quantitative estimate of drug-likeness (QED) is 0.889. The van der Waals surface area contributed by atoms with Crippen LogP contribution in [0, 0.1) is 0 Å². The van der Waals surface area contributed by atoms with Gasteiger partial charge in [-0.1, -0.05) is 23.7 Å². The molecule has 0 radical (unpaired) electrons. The van der Waals surface area contributed by atoms with Crippen molar-refractivity contribution in [3.05, 3.63) is 47.4 Å². The zero-order valence-electron chi connectivity index (χ0n) is 9.68. The fourth-order valence-corrected chi connectivity index (χ4v) is 1.56. The Balaban J connectivity index is 2.43. The minimum atomic E-state index is -1.04. The molecule has 4 heteroatoms. The lowest BCUT2D eigenvalue weighted by Crippen LogP contribution is -2.19. The topological polar surface area (TPSA) is 46.0 Å². The number of halogens is 1. The van der Waals surface area contributed by atoms with E-state index in [1.807, 2.05) is 24.3 Å². The molecule has 0 aliphatic rings. The molecule has 0 bridgehead atoms. The monoisotopic (exact) mass is 248 g/mol. The van der Waals surface area contributed by atoms with E-state index in [1.54, 1.807) is 26.1 Å². The molecule has 0 unspecified atom stereocenters. The number of aromatic nitrogens is 2. The van der Waals surface area contributed by atoms with Crippen molar-refractivity contribution in [2.75, 3.05) is 0 Å². The second kappa shape index (κ2) is 4.43. The molecule has 0 amide bonds. The molecule has 0 saturated heterocycles. The molecule has 1 aromatic carbocycles. The fraction of sp³-hybridized carbons (Fsp3) is 0.231.